The monoisotopic (exact) mass is 260 g/mol. The van der Waals surface area contributed by atoms with E-state index in [9.17, 15) is 9.59 Å². The lowest BCUT2D eigenvalue weighted by molar-refractivity contribution is 0.0894. The van der Waals surface area contributed by atoms with Gasteiger partial charge in [0.1, 0.15) is 0 Å². The minimum Gasteiger partial charge on any atom is -0.294 e. The number of hydrogen-bond acceptors (Lipinski definition) is 4. The molecule has 0 aliphatic carbocycles. The topological polar surface area (TPSA) is 69.8 Å². The second kappa shape index (κ2) is 5.17. The lowest BCUT2D eigenvalue weighted by atomic mass is 10.0. The molecule has 0 saturated carbocycles. The zero-order valence-electron chi connectivity index (χ0n) is 11.3. The summed E-state index contributed by atoms with van der Waals surface area (Å²) in [7, 11) is 1.75. The fourth-order valence-corrected chi connectivity index (χ4v) is 1.90. The van der Waals surface area contributed by atoms with Crippen molar-refractivity contribution in [3.05, 3.63) is 35.4 Å². The van der Waals surface area contributed by atoms with Crippen molar-refractivity contribution in [3.63, 3.8) is 0 Å². The van der Waals surface area contributed by atoms with Crippen LogP contribution in [0.3, 0.4) is 0 Å². The first-order valence-electron chi connectivity index (χ1n) is 6.10. The van der Waals surface area contributed by atoms with Crippen LogP contribution < -0.4 is 0 Å². The number of hydrogen-bond donors (Lipinski definition) is 0. The van der Waals surface area contributed by atoms with Crippen molar-refractivity contribution in [1.29, 1.82) is 0 Å². The molecule has 0 aliphatic heterocycles. The van der Waals surface area contributed by atoms with Gasteiger partial charge < -0.3 is 0 Å². The first-order valence-corrected chi connectivity index (χ1v) is 6.10. The van der Waals surface area contributed by atoms with Gasteiger partial charge in [0, 0.05) is 26.0 Å². The second-order valence-electron chi connectivity index (χ2n) is 4.41. The van der Waals surface area contributed by atoms with E-state index in [4.69, 9.17) is 0 Å². The Bertz CT molecular complexity index is 624. The number of Topliss-reactive ketones (excluding diaryl/α,β-unsaturated/α-hetero) is 2. The maximum Gasteiger partial charge on any atom is 0.174 e. The van der Waals surface area contributed by atoms with Crippen LogP contribution in [-0.2, 0) is 13.6 Å². The van der Waals surface area contributed by atoms with Gasteiger partial charge >= 0.3 is 0 Å². The summed E-state index contributed by atoms with van der Waals surface area (Å²) in [5.41, 5.74) is 1.61. The third kappa shape index (κ3) is 2.78. The highest BCUT2D eigenvalue weighted by atomic mass is 16.1. The predicted octanol–water partition coefficient (Wildman–Crippen LogP) is 1.40. The van der Waals surface area contributed by atoms with Crippen LogP contribution in [0.4, 0.5) is 0 Å². The van der Waals surface area contributed by atoms with Gasteiger partial charge in [0.05, 0.1) is 29.4 Å². The molecule has 19 heavy (non-hydrogen) atoms. The van der Waals surface area contributed by atoms with E-state index >= 15 is 0 Å². The van der Waals surface area contributed by atoms with Crippen LogP contribution in [0.15, 0.2) is 18.6 Å². The zero-order chi connectivity index (χ0) is 14.0. The van der Waals surface area contributed by atoms with Crippen molar-refractivity contribution >= 4 is 11.6 Å². The maximum atomic E-state index is 12.0. The van der Waals surface area contributed by atoms with Crippen LogP contribution in [0.1, 0.15) is 39.8 Å². The number of carbonyl (C=O) groups excluding carboxylic acids is 2. The molecule has 2 rings (SSSR count). The molecular weight excluding hydrogens is 244 g/mol. The smallest absolute Gasteiger partial charge is 0.174 e. The molecule has 0 amide bonds. The molecule has 0 fully saturated rings. The quantitative estimate of drug-likeness (QED) is 0.602. The van der Waals surface area contributed by atoms with Crippen molar-refractivity contribution in [2.75, 3.05) is 0 Å². The van der Waals surface area contributed by atoms with Crippen molar-refractivity contribution < 1.29 is 9.59 Å². The molecule has 0 spiro atoms. The molecule has 6 heteroatoms. The molecule has 0 radical (unpaired) electrons. The average molecular weight is 260 g/mol. The maximum absolute atomic E-state index is 12.0. The number of rotatable bonds is 5. The van der Waals surface area contributed by atoms with Crippen LogP contribution in [0.2, 0.25) is 0 Å². The van der Waals surface area contributed by atoms with E-state index in [1.54, 1.807) is 35.7 Å². The summed E-state index contributed by atoms with van der Waals surface area (Å²) in [5, 5.41) is 8.12. The Labute approximate surface area is 111 Å². The van der Waals surface area contributed by atoms with E-state index in [-0.39, 0.29) is 18.0 Å². The Morgan fingerprint density at radius 2 is 2.00 bits per heavy atom. The summed E-state index contributed by atoms with van der Waals surface area (Å²) in [4.78, 5) is 24.0. The molecule has 0 atom stereocenters. The number of nitrogens with zero attached hydrogens (tertiary/aromatic N) is 4. The van der Waals surface area contributed by atoms with E-state index in [1.165, 1.54) is 6.20 Å². The Hall–Kier alpha value is -2.24. The number of aryl methyl sites for hydroxylation is 3. The highest BCUT2D eigenvalue weighted by molar-refractivity contribution is 6.13. The molecule has 6 nitrogen and oxygen atoms in total. The van der Waals surface area contributed by atoms with Crippen LogP contribution in [-0.4, -0.2) is 31.1 Å². The van der Waals surface area contributed by atoms with E-state index in [2.05, 4.69) is 10.2 Å². The molecule has 2 aromatic heterocycles. The zero-order valence-corrected chi connectivity index (χ0v) is 11.3. The Morgan fingerprint density at radius 3 is 2.53 bits per heavy atom. The minimum absolute atomic E-state index is 0.151. The summed E-state index contributed by atoms with van der Waals surface area (Å²) < 4.78 is 3.23. The molecule has 0 N–H and O–H groups in total. The fraction of sp³-hybridized carbons (Fsp3) is 0.385. The summed E-state index contributed by atoms with van der Waals surface area (Å²) in [6.07, 6.45) is 4.64. The van der Waals surface area contributed by atoms with Crippen molar-refractivity contribution in [3.8, 4) is 0 Å². The van der Waals surface area contributed by atoms with Crippen molar-refractivity contribution in [2.24, 2.45) is 7.05 Å². The first-order chi connectivity index (χ1) is 9.01. The van der Waals surface area contributed by atoms with Gasteiger partial charge in [-0.1, -0.05) is 0 Å². The largest absolute Gasteiger partial charge is 0.294 e. The van der Waals surface area contributed by atoms with E-state index in [0.717, 1.165) is 0 Å². The van der Waals surface area contributed by atoms with Gasteiger partial charge in [-0.25, -0.2) is 0 Å². The molecule has 2 aromatic rings. The highest BCUT2D eigenvalue weighted by Gasteiger charge is 2.18. The van der Waals surface area contributed by atoms with E-state index in [1.807, 2.05) is 6.92 Å². The molecule has 0 bridgehead atoms. The fourth-order valence-electron chi connectivity index (χ4n) is 1.90. The Kier molecular flexibility index (Phi) is 3.59. The van der Waals surface area contributed by atoms with Gasteiger partial charge in [-0.05, 0) is 13.8 Å². The lowest BCUT2D eigenvalue weighted by Crippen LogP contribution is -2.08. The predicted molar refractivity (Wildman–Crippen MR) is 69.1 cm³/mol. The summed E-state index contributed by atoms with van der Waals surface area (Å²) >= 11 is 0. The lowest BCUT2D eigenvalue weighted by Gasteiger charge is -1.97. The van der Waals surface area contributed by atoms with Gasteiger partial charge in [-0.3, -0.25) is 19.0 Å². The molecule has 0 aromatic carbocycles. The summed E-state index contributed by atoms with van der Waals surface area (Å²) in [6.45, 7) is 4.39. The number of ketones is 2. The molecule has 2 heterocycles. The number of aromatic nitrogens is 4. The molecule has 100 valence electrons. The Balaban J connectivity index is 2.10. The number of carbonyl (C=O) groups is 2. The first kappa shape index (κ1) is 13.2. The van der Waals surface area contributed by atoms with Crippen LogP contribution in [0.5, 0.6) is 0 Å². The van der Waals surface area contributed by atoms with Gasteiger partial charge in [0.15, 0.2) is 11.6 Å². The molecule has 0 aliphatic rings. The van der Waals surface area contributed by atoms with Crippen LogP contribution in [0.25, 0.3) is 0 Å². The van der Waals surface area contributed by atoms with Crippen LogP contribution in [0, 0.1) is 6.92 Å². The molecule has 0 saturated heterocycles. The van der Waals surface area contributed by atoms with E-state index in [0.29, 0.717) is 23.4 Å². The van der Waals surface area contributed by atoms with Crippen molar-refractivity contribution in [1.82, 2.24) is 19.6 Å². The summed E-state index contributed by atoms with van der Waals surface area (Å²) in [5.74, 6) is -0.423. The van der Waals surface area contributed by atoms with Gasteiger partial charge in [-0.2, -0.15) is 10.2 Å². The van der Waals surface area contributed by atoms with Gasteiger partial charge in [-0.15, -0.1) is 0 Å². The van der Waals surface area contributed by atoms with Gasteiger partial charge in [0.25, 0.3) is 0 Å². The third-order valence-corrected chi connectivity index (χ3v) is 2.91. The SMILES string of the molecule is CCn1cc(C(=O)CC(=O)c2cn(C)nc2C)cn1. The molecule has 0 unspecified atom stereocenters. The highest BCUT2D eigenvalue weighted by Crippen LogP contribution is 2.11. The average Bonchev–Trinajstić information content (AvgIpc) is 2.95. The second-order valence-corrected chi connectivity index (χ2v) is 4.41. The van der Waals surface area contributed by atoms with Crippen LogP contribution >= 0.6 is 0 Å². The summed E-state index contributed by atoms with van der Waals surface area (Å²) in [6, 6.07) is 0. The third-order valence-electron chi connectivity index (χ3n) is 2.91. The molecular formula is C13H16N4O2. The standard InChI is InChI=1S/C13H16N4O2/c1-4-17-7-10(6-14-17)12(18)5-13(19)11-8-16(3)15-9(11)2/h6-8H,4-5H2,1-3H3. The Morgan fingerprint density at radius 1 is 1.26 bits per heavy atom. The normalized spacial score (nSPS) is 10.7. The minimum atomic E-state index is -0.215. The van der Waals surface area contributed by atoms with E-state index < -0.39 is 0 Å². The van der Waals surface area contributed by atoms with Crippen molar-refractivity contribution in [2.45, 2.75) is 26.8 Å². The van der Waals surface area contributed by atoms with Gasteiger partial charge in [0.2, 0.25) is 0 Å².